The van der Waals surface area contributed by atoms with Crippen LogP contribution in [-0.4, -0.2) is 41.8 Å². The van der Waals surface area contributed by atoms with Gasteiger partial charge in [-0.1, -0.05) is 80.6 Å². The van der Waals surface area contributed by atoms with E-state index >= 15 is 4.39 Å². The van der Waals surface area contributed by atoms with Gasteiger partial charge in [-0.05, 0) is 82.1 Å². The first kappa shape index (κ1) is 32.5. The van der Waals surface area contributed by atoms with Crippen LogP contribution in [0.4, 0.5) is 4.39 Å². The lowest BCUT2D eigenvalue weighted by Crippen LogP contribution is -2.65. The second kappa shape index (κ2) is 12.3. The fourth-order valence-electron chi connectivity index (χ4n) is 8.19. The average molecular weight is 694 g/mol. The van der Waals surface area contributed by atoms with Gasteiger partial charge in [0.2, 0.25) is 5.95 Å². The number of aryl methyl sites for hydroxylation is 1. The van der Waals surface area contributed by atoms with E-state index in [4.69, 9.17) is 4.98 Å². The van der Waals surface area contributed by atoms with Crippen LogP contribution in [0.5, 0.6) is 0 Å². The van der Waals surface area contributed by atoms with Gasteiger partial charge in [0.15, 0.2) is 5.65 Å². The topological polar surface area (TPSA) is 115 Å². The molecule has 1 N–H and O–H groups in total. The highest BCUT2D eigenvalue weighted by atomic mass is 28.4. The van der Waals surface area contributed by atoms with Gasteiger partial charge in [0.25, 0.3) is 8.32 Å². The Labute approximate surface area is 295 Å². The van der Waals surface area contributed by atoms with E-state index in [2.05, 4.69) is 29.9 Å². The molecule has 0 amide bonds. The number of halogens is 1. The third kappa shape index (κ3) is 5.21. The molecule has 254 valence electrons. The zero-order valence-electron chi connectivity index (χ0n) is 28.5. The lowest BCUT2D eigenvalue weighted by atomic mass is 9.76. The molecule has 0 bridgehead atoms. The molecular weight excluding hydrogens is 658 g/mol. The van der Waals surface area contributed by atoms with Crippen molar-refractivity contribution in [3.8, 4) is 12.0 Å². The normalized spacial score (nSPS) is 16.3. The first-order chi connectivity index (χ1) is 24.6. The highest BCUT2D eigenvalue weighted by Crippen LogP contribution is 2.50. The van der Waals surface area contributed by atoms with Crippen molar-refractivity contribution in [3.05, 3.63) is 143 Å². The molecule has 0 unspecified atom stereocenters. The van der Waals surface area contributed by atoms with Crippen molar-refractivity contribution in [1.29, 1.82) is 5.26 Å². The van der Waals surface area contributed by atoms with Gasteiger partial charge < -0.3 is 4.80 Å². The molecule has 0 spiro atoms. The second-order valence-electron chi connectivity index (χ2n) is 14.1. The molecule has 51 heavy (non-hydrogen) atoms. The van der Waals surface area contributed by atoms with Gasteiger partial charge in [0.1, 0.15) is 17.7 Å². The molecule has 0 saturated carbocycles. The average Bonchev–Trinajstić information content (AvgIpc) is 3.68. The first-order valence-corrected chi connectivity index (χ1v) is 19.0. The molecule has 3 aromatic heterocycles. The lowest BCUT2D eigenvalue weighted by Gasteiger charge is -2.44. The number of hydrogen-bond donors (Lipinski definition) is 1. The van der Waals surface area contributed by atoms with E-state index < -0.39 is 19.4 Å². The van der Waals surface area contributed by atoms with Gasteiger partial charge in [-0.2, -0.15) is 10.2 Å². The molecular formula is C40H36FN7O2Si. The van der Waals surface area contributed by atoms with Crippen molar-refractivity contribution in [1.82, 2.24) is 28.7 Å². The Hall–Kier alpha value is -5.70. The number of nitrogens with zero attached hydrogens (tertiary/aromatic N) is 7. The van der Waals surface area contributed by atoms with Crippen LogP contribution >= 0.6 is 0 Å². The van der Waals surface area contributed by atoms with E-state index in [1.54, 1.807) is 53.0 Å². The summed E-state index contributed by atoms with van der Waals surface area (Å²) in [5.41, 5.74) is 4.26. The third-order valence-corrected chi connectivity index (χ3v) is 15.3. The Morgan fingerprint density at radius 2 is 1.63 bits per heavy atom. The Morgan fingerprint density at radius 1 is 0.922 bits per heavy atom. The maximum atomic E-state index is 15.2. The van der Waals surface area contributed by atoms with Crippen molar-refractivity contribution in [2.45, 2.75) is 50.1 Å². The van der Waals surface area contributed by atoms with E-state index in [0.29, 0.717) is 46.6 Å². The summed E-state index contributed by atoms with van der Waals surface area (Å²) in [4.78, 5) is 40.8. The summed E-state index contributed by atoms with van der Waals surface area (Å²) in [5, 5.41) is 10.9. The van der Waals surface area contributed by atoms with Crippen LogP contribution in [0.1, 0.15) is 61.8 Å². The Bertz CT molecular complexity index is 2500. The molecule has 1 aliphatic rings. The van der Waals surface area contributed by atoms with Crippen molar-refractivity contribution in [2.75, 3.05) is 0 Å². The fraction of sp³-hybridized carbons (Fsp3) is 0.225. The standard InChI is InChI=1S/C40H36FN7O2Si/c1-40(2,51(50,29-10-6-4-7-11-29)30-12-8-5-9-13-30)22-27-15-19-34(32-21-28(41)16-17-31(27)32)48-37-36(46(3)39(48)49)24-43-38(45-37)47-25-44-33-18-14-26(23-42)20-35(33)47/h4-14,16-18,20-21,24-25,27,34,50H,15,19,22H2,1-3H3/t27-,34+/m0/s1. The monoisotopic (exact) mass is 693 g/mol. The summed E-state index contributed by atoms with van der Waals surface area (Å²) < 4.78 is 20.1. The Morgan fingerprint density at radius 3 is 2.31 bits per heavy atom. The number of aromatic nitrogens is 6. The maximum Gasteiger partial charge on any atom is 0.330 e. The molecule has 7 aromatic rings. The van der Waals surface area contributed by atoms with Crippen molar-refractivity contribution in [2.24, 2.45) is 7.05 Å². The van der Waals surface area contributed by atoms with Gasteiger partial charge in [-0.15, -0.1) is 0 Å². The number of benzene rings is 4. The molecule has 0 aliphatic heterocycles. The van der Waals surface area contributed by atoms with Gasteiger partial charge in [0, 0.05) is 7.05 Å². The van der Waals surface area contributed by atoms with Crippen LogP contribution in [-0.2, 0) is 7.05 Å². The van der Waals surface area contributed by atoms with Crippen LogP contribution in [0, 0.1) is 17.1 Å². The summed E-state index contributed by atoms with van der Waals surface area (Å²) in [5.74, 6) is -0.0545. The zero-order valence-corrected chi connectivity index (χ0v) is 29.5. The van der Waals surface area contributed by atoms with Crippen LogP contribution in [0.15, 0.2) is 114 Å². The van der Waals surface area contributed by atoms with Gasteiger partial charge in [0.05, 0.1) is 34.9 Å². The lowest BCUT2D eigenvalue weighted by molar-refractivity contribution is 0.375. The predicted molar refractivity (Wildman–Crippen MR) is 197 cm³/mol. The Balaban J connectivity index is 1.22. The molecule has 9 nitrogen and oxygen atoms in total. The van der Waals surface area contributed by atoms with E-state index in [1.165, 1.54) is 10.6 Å². The zero-order chi connectivity index (χ0) is 35.5. The molecule has 0 fully saturated rings. The van der Waals surface area contributed by atoms with Crippen LogP contribution in [0.25, 0.3) is 28.1 Å². The van der Waals surface area contributed by atoms with Crippen LogP contribution < -0.4 is 16.1 Å². The molecule has 0 saturated heterocycles. The Kier molecular flexibility index (Phi) is 7.81. The number of hydrogen-bond acceptors (Lipinski definition) is 6. The summed E-state index contributed by atoms with van der Waals surface area (Å²) in [7, 11) is -1.61. The highest BCUT2D eigenvalue weighted by molar-refractivity contribution is 6.98. The molecule has 11 heteroatoms. The van der Waals surface area contributed by atoms with Crippen LogP contribution in [0.2, 0.25) is 5.04 Å². The van der Waals surface area contributed by atoms with Crippen LogP contribution in [0.3, 0.4) is 0 Å². The van der Waals surface area contributed by atoms with Crippen molar-refractivity contribution >= 4 is 40.9 Å². The SMILES string of the molecule is Cn1c(=O)n([C@@H]2CC[C@@H](CC(C)(C)[Si](O)(c3ccccc3)c3ccccc3)c3ccc(F)cc32)c2nc(-n3cnc4ccc(C#N)cc43)ncc21. The third-order valence-electron chi connectivity index (χ3n) is 10.8. The summed E-state index contributed by atoms with van der Waals surface area (Å²) in [6.45, 7) is 4.31. The summed E-state index contributed by atoms with van der Waals surface area (Å²) >= 11 is 0. The minimum atomic E-state index is -3.30. The van der Waals surface area contributed by atoms with E-state index in [-0.39, 0.29) is 17.4 Å². The minimum Gasteiger partial charge on any atom is -0.424 e. The van der Waals surface area contributed by atoms with Gasteiger partial charge >= 0.3 is 5.69 Å². The minimum absolute atomic E-state index is 0.0146. The van der Waals surface area contributed by atoms with Gasteiger partial charge in [-0.3, -0.25) is 13.7 Å². The number of imidazole rings is 2. The molecule has 1 aliphatic carbocycles. The second-order valence-corrected chi connectivity index (χ2v) is 18.0. The summed E-state index contributed by atoms with van der Waals surface area (Å²) in [6, 6.07) is 31.7. The molecule has 2 atom stereocenters. The molecule has 0 radical (unpaired) electrons. The van der Waals surface area contributed by atoms with Crippen molar-refractivity contribution < 1.29 is 9.19 Å². The first-order valence-electron chi connectivity index (χ1n) is 17.0. The quantitative estimate of drug-likeness (QED) is 0.209. The maximum absolute atomic E-state index is 15.2. The molecule has 3 heterocycles. The highest BCUT2D eigenvalue weighted by Gasteiger charge is 2.51. The molecule has 4 aromatic carbocycles. The van der Waals surface area contributed by atoms with E-state index in [9.17, 15) is 14.9 Å². The number of rotatable bonds is 7. The number of nitriles is 1. The van der Waals surface area contributed by atoms with Gasteiger partial charge in [-0.25, -0.2) is 19.2 Å². The van der Waals surface area contributed by atoms with Crippen molar-refractivity contribution in [3.63, 3.8) is 0 Å². The number of fused-ring (bicyclic) bond motifs is 3. The molecule has 8 rings (SSSR count). The largest absolute Gasteiger partial charge is 0.424 e. The fourth-order valence-corrected chi connectivity index (χ4v) is 12.0. The summed E-state index contributed by atoms with van der Waals surface area (Å²) in [6.07, 6.45) is 5.19. The predicted octanol–water partition coefficient (Wildman–Crippen LogP) is 5.87. The smallest absolute Gasteiger partial charge is 0.330 e. The van der Waals surface area contributed by atoms with E-state index in [0.717, 1.165) is 27.9 Å². The van der Waals surface area contributed by atoms with E-state index in [1.807, 2.05) is 66.7 Å².